The highest BCUT2D eigenvalue weighted by atomic mass is 19.1. The number of benzene rings is 1. The van der Waals surface area contributed by atoms with Crippen molar-refractivity contribution in [3.05, 3.63) is 30.3 Å². The first-order valence-corrected chi connectivity index (χ1v) is 6.53. The van der Waals surface area contributed by atoms with Gasteiger partial charge in [0, 0.05) is 0 Å². The van der Waals surface area contributed by atoms with E-state index in [1.165, 1.54) is 29.2 Å². The Hall–Kier alpha value is -2.35. The third-order valence-corrected chi connectivity index (χ3v) is 3.00. The molecule has 21 heavy (non-hydrogen) atoms. The summed E-state index contributed by atoms with van der Waals surface area (Å²) >= 11 is 0. The molecule has 7 nitrogen and oxygen atoms in total. The van der Waals surface area contributed by atoms with E-state index in [0.29, 0.717) is 12.2 Å². The topological polar surface area (TPSA) is 84.7 Å². The Bertz CT molecular complexity index is 626. The van der Waals surface area contributed by atoms with E-state index in [1.807, 2.05) is 6.92 Å². The van der Waals surface area contributed by atoms with Gasteiger partial charge in [-0.05, 0) is 49.0 Å². The monoisotopic (exact) mass is 292 g/mol. The summed E-state index contributed by atoms with van der Waals surface area (Å²) in [6.45, 7) is 5.99. The second kappa shape index (κ2) is 5.96. The van der Waals surface area contributed by atoms with E-state index in [0.717, 1.165) is 0 Å². The zero-order valence-electron chi connectivity index (χ0n) is 12.1. The Morgan fingerprint density at radius 2 is 2.19 bits per heavy atom. The lowest BCUT2D eigenvalue weighted by molar-refractivity contribution is -0.121. The molecule has 2 rings (SSSR count). The van der Waals surface area contributed by atoms with Crippen LogP contribution in [0.15, 0.2) is 24.5 Å². The molecule has 112 valence electrons. The van der Waals surface area contributed by atoms with Gasteiger partial charge in [-0.2, -0.15) is 0 Å². The standard InChI is InChI=1S/C13H17FN6O/c1-4-15-13(2,3)12(21)17-11-7-9(5-6-10(11)14)20-8-16-18-19-20/h5-8,15H,4H2,1-3H3,(H,17,21). The average Bonchev–Trinajstić information content (AvgIpc) is 2.95. The second-order valence-corrected chi connectivity index (χ2v) is 5.03. The number of anilines is 1. The molecular formula is C13H17FN6O. The van der Waals surface area contributed by atoms with Crippen molar-refractivity contribution >= 4 is 11.6 Å². The van der Waals surface area contributed by atoms with Crippen LogP contribution in [0.4, 0.5) is 10.1 Å². The molecule has 1 aromatic heterocycles. The number of hydrogen-bond donors (Lipinski definition) is 2. The van der Waals surface area contributed by atoms with Crippen LogP contribution < -0.4 is 10.6 Å². The number of tetrazole rings is 1. The number of halogens is 1. The molecule has 0 saturated heterocycles. The van der Waals surface area contributed by atoms with E-state index in [1.54, 1.807) is 13.8 Å². The molecule has 1 aromatic carbocycles. The molecule has 0 atom stereocenters. The summed E-state index contributed by atoms with van der Waals surface area (Å²) in [6.07, 6.45) is 1.39. The molecule has 0 bridgehead atoms. The molecule has 0 aliphatic rings. The van der Waals surface area contributed by atoms with Crippen LogP contribution >= 0.6 is 0 Å². The number of likely N-dealkylation sites (N-methyl/N-ethyl adjacent to an activating group) is 1. The number of hydrogen-bond acceptors (Lipinski definition) is 5. The molecule has 8 heteroatoms. The molecule has 0 saturated carbocycles. The lowest BCUT2D eigenvalue weighted by Crippen LogP contribution is -2.49. The molecule has 0 radical (unpaired) electrons. The molecule has 2 aromatic rings. The Labute approximate surface area is 121 Å². The van der Waals surface area contributed by atoms with Gasteiger partial charge in [0.1, 0.15) is 12.1 Å². The van der Waals surface area contributed by atoms with Crippen LogP contribution in [0.3, 0.4) is 0 Å². The largest absolute Gasteiger partial charge is 0.322 e. The van der Waals surface area contributed by atoms with Gasteiger partial charge in [0.25, 0.3) is 0 Å². The van der Waals surface area contributed by atoms with E-state index >= 15 is 0 Å². The Balaban J connectivity index is 2.24. The Kier molecular flexibility index (Phi) is 4.27. The molecule has 1 heterocycles. The number of amides is 1. The van der Waals surface area contributed by atoms with Crippen LogP contribution in [-0.4, -0.2) is 38.2 Å². The van der Waals surface area contributed by atoms with Crippen LogP contribution in [0.1, 0.15) is 20.8 Å². The molecule has 1 amide bonds. The zero-order chi connectivity index (χ0) is 15.5. The maximum absolute atomic E-state index is 13.8. The summed E-state index contributed by atoms with van der Waals surface area (Å²) in [7, 11) is 0. The SMILES string of the molecule is CCNC(C)(C)C(=O)Nc1cc(-n2cnnn2)ccc1F. The summed E-state index contributed by atoms with van der Waals surface area (Å²) in [6, 6.07) is 4.26. The van der Waals surface area contributed by atoms with Gasteiger partial charge in [0.05, 0.1) is 16.9 Å². The molecule has 0 unspecified atom stereocenters. The van der Waals surface area contributed by atoms with Gasteiger partial charge in [-0.1, -0.05) is 6.92 Å². The number of aromatic nitrogens is 4. The fourth-order valence-electron chi connectivity index (χ4n) is 1.83. The van der Waals surface area contributed by atoms with Crippen molar-refractivity contribution in [3.8, 4) is 5.69 Å². The van der Waals surface area contributed by atoms with Crippen molar-refractivity contribution in [1.29, 1.82) is 0 Å². The summed E-state index contributed by atoms with van der Waals surface area (Å²) in [5.74, 6) is -0.843. The van der Waals surface area contributed by atoms with E-state index in [2.05, 4.69) is 26.2 Å². The fourth-order valence-corrected chi connectivity index (χ4v) is 1.83. The third kappa shape index (κ3) is 3.40. The molecular weight excluding hydrogens is 275 g/mol. The predicted octanol–water partition coefficient (Wildman–Crippen LogP) is 1.13. The van der Waals surface area contributed by atoms with Gasteiger partial charge in [-0.15, -0.1) is 5.10 Å². The maximum atomic E-state index is 13.8. The molecule has 0 aliphatic heterocycles. The molecule has 0 spiro atoms. The van der Waals surface area contributed by atoms with Gasteiger partial charge < -0.3 is 10.6 Å². The number of nitrogens with zero attached hydrogens (tertiary/aromatic N) is 4. The summed E-state index contributed by atoms with van der Waals surface area (Å²) < 4.78 is 15.2. The highest BCUT2D eigenvalue weighted by Crippen LogP contribution is 2.19. The minimum absolute atomic E-state index is 0.0824. The summed E-state index contributed by atoms with van der Waals surface area (Å²) in [4.78, 5) is 12.2. The van der Waals surface area contributed by atoms with Gasteiger partial charge in [0.2, 0.25) is 5.91 Å². The first-order chi connectivity index (χ1) is 9.94. The van der Waals surface area contributed by atoms with Gasteiger partial charge in [0.15, 0.2) is 0 Å². The number of rotatable bonds is 5. The Morgan fingerprint density at radius 1 is 1.43 bits per heavy atom. The zero-order valence-corrected chi connectivity index (χ0v) is 12.1. The van der Waals surface area contributed by atoms with E-state index in [-0.39, 0.29) is 11.6 Å². The summed E-state index contributed by atoms with van der Waals surface area (Å²) in [5, 5.41) is 16.4. The number of nitrogens with one attached hydrogen (secondary N) is 2. The molecule has 0 aliphatic carbocycles. The van der Waals surface area contributed by atoms with Crippen molar-refractivity contribution in [1.82, 2.24) is 25.5 Å². The fraction of sp³-hybridized carbons (Fsp3) is 0.385. The van der Waals surface area contributed by atoms with Crippen molar-refractivity contribution in [3.63, 3.8) is 0 Å². The van der Waals surface area contributed by atoms with Gasteiger partial charge >= 0.3 is 0 Å². The van der Waals surface area contributed by atoms with Gasteiger partial charge in [-0.25, -0.2) is 9.07 Å². The van der Waals surface area contributed by atoms with Crippen molar-refractivity contribution in [2.24, 2.45) is 0 Å². The van der Waals surface area contributed by atoms with Crippen molar-refractivity contribution in [2.75, 3.05) is 11.9 Å². The van der Waals surface area contributed by atoms with Crippen LogP contribution in [0, 0.1) is 5.82 Å². The number of carbonyl (C=O) groups is 1. The molecule has 0 fully saturated rings. The highest BCUT2D eigenvalue weighted by Gasteiger charge is 2.26. The smallest absolute Gasteiger partial charge is 0.244 e. The lowest BCUT2D eigenvalue weighted by Gasteiger charge is -2.24. The Morgan fingerprint density at radius 3 is 2.81 bits per heavy atom. The first-order valence-electron chi connectivity index (χ1n) is 6.53. The quantitative estimate of drug-likeness (QED) is 0.863. The lowest BCUT2D eigenvalue weighted by atomic mass is 10.0. The van der Waals surface area contributed by atoms with Crippen LogP contribution in [-0.2, 0) is 4.79 Å². The second-order valence-electron chi connectivity index (χ2n) is 5.03. The highest BCUT2D eigenvalue weighted by molar-refractivity contribution is 5.97. The minimum atomic E-state index is -0.800. The summed E-state index contributed by atoms with van der Waals surface area (Å²) in [5.41, 5.74) is -0.164. The van der Waals surface area contributed by atoms with Crippen LogP contribution in [0.25, 0.3) is 5.69 Å². The van der Waals surface area contributed by atoms with Crippen molar-refractivity contribution in [2.45, 2.75) is 26.3 Å². The van der Waals surface area contributed by atoms with Crippen LogP contribution in [0.5, 0.6) is 0 Å². The third-order valence-electron chi connectivity index (χ3n) is 3.00. The first kappa shape index (κ1) is 15.0. The molecule has 2 N–H and O–H groups in total. The predicted molar refractivity (Wildman–Crippen MR) is 75.5 cm³/mol. The van der Waals surface area contributed by atoms with E-state index in [9.17, 15) is 9.18 Å². The average molecular weight is 292 g/mol. The normalized spacial score (nSPS) is 11.4. The maximum Gasteiger partial charge on any atom is 0.244 e. The number of carbonyl (C=O) groups excluding carboxylic acids is 1. The minimum Gasteiger partial charge on any atom is -0.322 e. The van der Waals surface area contributed by atoms with Gasteiger partial charge in [-0.3, -0.25) is 4.79 Å². The van der Waals surface area contributed by atoms with Crippen LogP contribution in [0.2, 0.25) is 0 Å². The van der Waals surface area contributed by atoms with Crippen molar-refractivity contribution < 1.29 is 9.18 Å². The van der Waals surface area contributed by atoms with E-state index < -0.39 is 11.4 Å². The van der Waals surface area contributed by atoms with E-state index in [4.69, 9.17) is 0 Å².